The van der Waals surface area contributed by atoms with Crippen LogP contribution in [0.1, 0.15) is 52.4 Å². The van der Waals surface area contributed by atoms with Gasteiger partial charge in [0.2, 0.25) is 11.8 Å². The van der Waals surface area contributed by atoms with E-state index in [1.165, 1.54) is 0 Å². The molecule has 0 aromatic heterocycles. The molecule has 2 bridgehead atoms. The smallest absolute Gasteiger partial charge is 0.312 e. The van der Waals surface area contributed by atoms with E-state index in [-0.39, 0.29) is 31.6 Å². The molecule has 3 saturated heterocycles. The Kier molecular flexibility index (Phi) is 7.75. The third-order valence-electron chi connectivity index (χ3n) is 6.84. The fourth-order valence-electron chi connectivity index (χ4n) is 5.59. The van der Waals surface area contributed by atoms with Crippen molar-refractivity contribution in [1.82, 2.24) is 9.80 Å². The number of likely N-dealkylation sites (tertiary alicyclic amines) is 1. The van der Waals surface area contributed by atoms with Crippen molar-refractivity contribution in [3.63, 3.8) is 0 Å². The van der Waals surface area contributed by atoms with Crippen molar-refractivity contribution >= 4 is 17.8 Å². The number of amides is 2. The predicted octanol–water partition coefficient (Wildman–Crippen LogP) is 1.51. The largest absolute Gasteiger partial charge is 0.466 e. The van der Waals surface area contributed by atoms with Gasteiger partial charge in [-0.1, -0.05) is 25.8 Å². The lowest BCUT2D eigenvalue weighted by Crippen LogP contribution is -2.56. The molecule has 31 heavy (non-hydrogen) atoms. The number of aliphatic hydroxyl groups is 1. The van der Waals surface area contributed by atoms with E-state index in [1.54, 1.807) is 22.8 Å². The molecule has 2 unspecified atom stereocenters. The standard InChI is InChI=1S/C23H36N2O6/c1-4-7-8-13-24(12-5-2)21(28)19-23-11-10-16(31-23)17(22(29)30-6-3)18(23)20(27)25(19)14-9-15-26/h5,16-19,26H,2,4,6-15H2,1,3H3/t16-,17+,18-,19?,23?/m0/s1. The van der Waals surface area contributed by atoms with Crippen molar-refractivity contribution in [1.29, 1.82) is 0 Å². The van der Waals surface area contributed by atoms with Crippen LogP contribution >= 0.6 is 0 Å². The highest BCUT2D eigenvalue weighted by molar-refractivity contribution is 5.98. The van der Waals surface area contributed by atoms with Crippen molar-refractivity contribution in [3.05, 3.63) is 12.7 Å². The van der Waals surface area contributed by atoms with Gasteiger partial charge in [0.25, 0.3) is 0 Å². The van der Waals surface area contributed by atoms with Crippen LogP contribution in [0.15, 0.2) is 12.7 Å². The molecule has 8 heteroatoms. The predicted molar refractivity (Wildman–Crippen MR) is 114 cm³/mol. The molecule has 0 saturated carbocycles. The Bertz CT molecular complexity index is 698. The summed E-state index contributed by atoms with van der Waals surface area (Å²) in [6, 6.07) is -0.789. The monoisotopic (exact) mass is 436 g/mol. The van der Waals surface area contributed by atoms with Crippen molar-refractivity contribution in [3.8, 4) is 0 Å². The summed E-state index contributed by atoms with van der Waals surface area (Å²) in [6.07, 6.45) is 5.78. The maximum atomic E-state index is 13.8. The third kappa shape index (κ3) is 4.12. The molecule has 0 aliphatic carbocycles. The normalized spacial score (nSPS) is 31.1. The zero-order chi connectivity index (χ0) is 22.6. The van der Waals surface area contributed by atoms with Crippen molar-refractivity contribution in [2.24, 2.45) is 11.8 Å². The first-order chi connectivity index (χ1) is 15.0. The van der Waals surface area contributed by atoms with Crippen molar-refractivity contribution < 1.29 is 29.0 Å². The topological polar surface area (TPSA) is 96.4 Å². The van der Waals surface area contributed by atoms with E-state index in [2.05, 4.69) is 13.5 Å². The molecule has 0 radical (unpaired) electrons. The van der Waals surface area contributed by atoms with Gasteiger partial charge in [0.05, 0.1) is 24.5 Å². The van der Waals surface area contributed by atoms with Crippen LogP contribution in [0.2, 0.25) is 0 Å². The lowest BCUT2D eigenvalue weighted by Gasteiger charge is -2.36. The molecule has 1 spiro atoms. The van der Waals surface area contributed by atoms with Crippen LogP contribution in [0.3, 0.4) is 0 Å². The minimum Gasteiger partial charge on any atom is -0.466 e. The summed E-state index contributed by atoms with van der Waals surface area (Å²) < 4.78 is 11.6. The molecule has 0 aromatic carbocycles. The minimum atomic E-state index is -1.00. The van der Waals surface area contributed by atoms with Crippen LogP contribution in [0, 0.1) is 11.8 Å². The Hall–Kier alpha value is -1.93. The highest BCUT2D eigenvalue weighted by Crippen LogP contribution is 2.58. The van der Waals surface area contributed by atoms with Crippen LogP contribution in [-0.2, 0) is 23.9 Å². The Morgan fingerprint density at radius 1 is 1.35 bits per heavy atom. The number of nitrogens with zero attached hydrogens (tertiary/aromatic N) is 2. The zero-order valence-electron chi connectivity index (χ0n) is 18.8. The number of fused-ring (bicyclic) bond motifs is 1. The number of unbranched alkanes of at least 4 members (excludes halogenated alkanes) is 2. The molecule has 0 aromatic rings. The minimum absolute atomic E-state index is 0.0833. The summed E-state index contributed by atoms with van der Waals surface area (Å²) in [5.41, 5.74) is -1.00. The third-order valence-corrected chi connectivity index (χ3v) is 6.84. The molecule has 8 nitrogen and oxygen atoms in total. The van der Waals surface area contributed by atoms with Gasteiger partial charge in [0, 0.05) is 26.2 Å². The summed E-state index contributed by atoms with van der Waals surface area (Å²) in [6.45, 7) is 9.02. The SMILES string of the molecule is C=CCN(CCCCC)C(=O)C1N(CCCO)C(=O)[C@@H]2[C@H](C(=O)OCC)[C@@H]3CCC12O3. The second kappa shape index (κ2) is 10.1. The number of esters is 1. The summed E-state index contributed by atoms with van der Waals surface area (Å²) in [4.78, 5) is 43.3. The van der Waals surface area contributed by atoms with Gasteiger partial charge < -0.3 is 24.4 Å². The Balaban J connectivity index is 1.94. The van der Waals surface area contributed by atoms with Crippen LogP contribution < -0.4 is 0 Å². The summed E-state index contributed by atoms with van der Waals surface area (Å²) >= 11 is 0. The van der Waals surface area contributed by atoms with E-state index >= 15 is 0 Å². The van der Waals surface area contributed by atoms with E-state index in [9.17, 15) is 19.5 Å². The second-order valence-corrected chi connectivity index (χ2v) is 8.70. The van der Waals surface area contributed by atoms with E-state index in [1.807, 2.05) is 0 Å². The van der Waals surface area contributed by atoms with Crippen LogP contribution in [-0.4, -0.2) is 83.3 Å². The summed E-state index contributed by atoms with van der Waals surface area (Å²) in [5.74, 6) is -2.20. The first-order valence-electron chi connectivity index (χ1n) is 11.6. The second-order valence-electron chi connectivity index (χ2n) is 8.70. The van der Waals surface area contributed by atoms with E-state index in [0.717, 1.165) is 19.3 Å². The molecule has 3 rings (SSSR count). The van der Waals surface area contributed by atoms with Gasteiger partial charge in [-0.3, -0.25) is 14.4 Å². The first kappa shape index (κ1) is 23.7. The van der Waals surface area contributed by atoms with Gasteiger partial charge in [0.15, 0.2) is 0 Å². The molecule has 3 aliphatic rings. The highest BCUT2D eigenvalue weighted by Gasteiger charge is 2.74. The molecule has 2 amide bonds. The quantitative estimate of drug-likeness (QED) is 0.283. The van der Waals surface area contributed by atoms with E-state index in [4.69, 9.17) is 9.47 Å². The maximum Gasteiger partial charge on any atom is 0.312 e. The lowest BCUT2D eigenvalue weighted by molar-refractivity contribution is -0.155. The maximum absolute atomic E-state index is 13.8. The molecule has 1 N–H and O–H groups in total. The Morgan fingerprint density at radius 2 is 2.13 bits per heavy atom. The molecule has 3 fully saturated rings. The van der Waals surface area contributed by atoms with E-state index in [0.29, 0.717) is 32.4 Å². The molecule has 3 aliphatic heterocycles. The lowest BCUT2D eigenvalue weighted by atomic mass is 9.70. The fraction of sp³-hybridized carbons (Fsp3) is 0.783. The zero-order valence-corrected chi connectivity index (χ0v) is 18.8. The van der Waals surface area contributed by atoms with Crippen molar-refractivity contribution in [2.75, 3.05) is 32.8 Å². The number of hydrogen-bond acceptors (Lipinski definition) is 6. The highest BCUT2D eigenvalue weighted by atomic mass is 16.6. The number of ether oxygens (including phenoxy) is 2. The molecule has 3 heterocycles. The number of carbonyl (C=O) groups excluding carboxylic acids is 3. The summed E-state index contributed by atoms with van der Waals surface area (Å²) in [5, 5.41) is 9.37. The van der Waals surface area contributed by atoms with E-state index < -0.39 is 35.6 Å². The number of aliphatic hydroxyl groups excluding tert-OH is 1. The van der Waals surface area contributed by atoms with Gasteiger partial charge in [-0.05, 0) is 32.6 Å². The van der Waals surface area contributed by atoms with Crippen LogP contribution in [0.4, 0.5) is 0 Å². The Labute approximate surface area is 184 Å². The first-order valence-corrected chi connectivity index (χ1v) is 11.6. The average Bonchev–Trinajstić information content (AvgIpc) is 3.39. The van der Waals surface area contributed by atoms with Crippen LogP contribution in [0.25, 0.3) is 0 Å². The number of hydrogen-bond donors (Lipinski definition) is 1. The fourth-order valence-corrected chi connectivity index (χ4v) is 5.59. The van der Waals surface area contributed by atoms with Gasteiger partial charge in [-0.25, -0.2) is 0 Å². The Morgan fingerprint density at radius 3 is 2.77 bits per heavy atom. The summed E-state index contributed by atoms with van der Waals surface area (Å²) in [7, 11) is 0. The van der Waals surface area contributed by atoms with Gasteiger partial charge in [-0.15, -0.1) is 6.58 Å². The molecular formula is C23H36N2O6. The van der Waals surface area contributed by atoms with Gasteiger partial charge in [0.1, 0.15) is 11.6 Å². The van der Waals surface area contributed by atoms with Crippen LogP contribution in [0.5, 0.6) is 0 Å². The van der Waals surface area contributed by atoms with Gasteiger partial charge in [-0.2, -0.15) is 0 Å². The van der Waals surface area contributed by atoms with Crippen molar-refractivity contribution in [2.45, 2.75) is 70.1 Å². The molecule has 174 valence electrons. The molecule has 5 atom stereocenters. The number of rotatable bonds is 12. The average molecular weight is 437 g/mol. The van der Waals surface area contributed by atoms with Gasteiger partial charge >= 0.3 is 5.97 Å². The molecular weight excluding hydrogens is 400 g/mol. The number of carbonyl (C=O) groups is 3.